The maximum Gasteiger partial charge on any atom is 0.0726 e. The number of benzene rings is 1. The van der Waals surface area contributed by atoms with Gasteiger partial charge in [-0.1, -0.05) is 17.7 Å². The summed E-state index contributed by atoms with van der Waals surface area (Å²) in [5, 5.41) is 0. The highest BCUT2D eigenvalue weighted by atomic mass is 16.5. The van der Waals surface area contributed by atoms with Gasteiger partial charge in [-0.05, 0) is 44.4 Å². The molecule has 1 atom stereocenters. The van der Waals surface area contributed by atoms with E-state index in [-0.39, 0.29) is 6.10 Å². The highest BCUT2D eigenvalue weighted by molar-refractivity contribution is 5.36. The van der Waals surface area contributed by atoms with Gasteiger partial charge >= 0.3 is 0 Å². The molecule has 1 rings (SSSR count). The number of nitrogens with two attached hydrogens (primary N) is 1. The van der Waals surface area contributed by atoms with E-state index < -0.39 is 0 Å². The number of rotatable bonds is 4. The van der Waals surface area contributed by atoms with Gasteiger partial charge in [-0.3, -0.25) is 0 Å². The molecule has 1 unspecified atom stereocenters. The Bertz CT molecular complexity index is 310. The Morgan fingerprint density at radius 3 is 2.20 bits per heavy atom. The van der Waals surface area contributed by atoms with Crippen LogP contribution < -0.4 is 5.73 Å². The molecule has 15 heavy (non-hydrogen) atoms. The molecule has 0 spiro atoms. The average molecular weight is 207 g/mol. The normalized spacial score (nSPS) is 12.9. The zero-order valence-corrected chi connectivity index (χ0v) is 10.1. The molecule has 0 saturated carbocycles. The summed E-state index contributed by atoms with van der Waals surface area (Å²) in [7, 11) is 0. The standard InChI is InChI=1S/C13H21NO/c1-9-5-10(2)13(11(3)6-9)8-15-12(4)7-14/h5-6,12H,7-8,14H2,1-4H3. The molecule has 2 nitrogen and oxygen atoms in total. The lowest BCUT2D eigenvalue weighted by Crippen LogP contribution is -2.20. The first-order valence-corrected chi connectivity index (χ1v) is 5.43. The SMILES string of the molecule is Cc1cc(C)c(COC(C)CN)c(C)c1. The van der Waals surface area contributed by atoms with E-state index in [0.717, 1.165) is 0 Å². The number of ether oxygens (including phenoxy) is 1. The van der Waals surface area contributed by atoms with Gasteiger partial charge in [-0.25, -0.2) is 0 Å². The van der Waals surface area contributed by atoms with Crippen LogP contribution in [-0.2, 0) is 11.3 Å². The molecule has 0 aliphatic carbocycles. The summed E-state index contributed by atoms with van der Waals surface area (Å²) in [5.74, 6) is 0. The van der Waals surface area contributed by atoms with Crippen molar-refractivity contribution in [2.45, 2.75) is 40.4 Å². The minimum absolute atomic E-state index is 0.130. The van der Waals surface area contributed by atoms with Gasteiger partial charge < -0.3 is 10.5 Å². The van der Waals surface area contributed by atoms with E-state index in [0.29, 0.717) is 13.2 Å². The van der Waals surface area contributed by atoms with E-state index in [1.54, 1.807) is 0 Å². The minimum Gasteiger partial charge on any atom is -0.372 e. The number of aryl methyl sites for hydroxylation is 3. The van der Waals surface area contributed by atoms with Crippen LogP contribution in [0.25, 0.3) is 0 Å². The van der Waals surface area contributed by atoms with Crippen LogP contribution in [0, 0.1) is 20.8 Å². The van der Waals surface area contributed by atoms with Crippen molar-refractivity contribution < 1.29 is 4.74 Å². The van der Waals surface area contributed by atoms with Crippen molar-refractivity contribution in [1.29, 1.82) is 0 Å². The first-order chi connectivity index (χ1) is 7.04. The Morgan fingerprint density at radius 1 is 1.20 bits per heavy atom. The maximum absolute atomic E-state index is 5.65. The van der Waals surface area contributed by atoms with Crippen LogP contribution in [0.4, 0.5) is 0 Å². The zero-order valence-electron chi connectivity index (χ0n) is 10.1. The molecule has 84 valence electrons. The molecule has 1 aromatic carbocycles. The average Bonchev–Trinajstić information content (AvgIpc) is 2.15. The van der Waals surface area contributed by atoms with Crippen molar-refractivity contribution in [3.8, 4) is 0 Å². The second-order valence-corrected chi connectivity index (χ2v) is 4.23. The van der Waals surface area contributed by atoms with Crippen molar-refractivity contribution in [2.24, 2.45) is 5.73 Å². The molecule has 0 aromatic heterocycles. The molecule has 0 amide bonds. The lowest BCUT2D eigenvalue weighted by Gasteiger charge is -2.15. The summed E-state index contributed by atoms with van der Waals surface area (Å²) in [6.45, 7) is 9.61. The van der Waals surface area contributed by atoms with Crippen LogP contribution in [-0.4, -0.2) is 12.6 Å². The van der Waals surface area contributed by atoms with Crippen molar-refractivity contribution in [3.63, 3.8) is 0 Å². The van der Waals surface area contributed by atoms with Gasteiger partial charge in [0.2, 0.25) is 0 Å². The third-order valence-electron chi connectivity index (χ3n) is 2.68. The summed E-state index contributed by atoms with van der Waals surface area (Å²) in [4.78, 5) is 0. The highest BCUT2D eigenvalue weighted by Crippen LogP contribution is 2.17. The van der Waals surface area contributed by atoms with Crippen LogP contribution >= 0.6 is 0 Å². The molecule has 0 aliphatic heterocycles. The second-order valence-electron chi connectivity index (χ2n) is 4.23. The van der Waals surface area contributed by atoms with Crippen LogP contribution in [0.15, 0.2) is 12.1 Å². The first-order valence-electron chi connectivity index (χ1n) is 5.43. The van der Waals surface area contributed by atoms with E-state index in [4.69, 9.17) is 10.5 Å². The van der Waals surface area contributed by atoms with Crippen molar-refractivity contribution in [3.05, 3.63) is 34.4 Å². The van der Waals surface area contributed by atoms with E-state index >= 15 is 0 Å². The summed E-state index contributed by atoms with van der Waals surface area (Å²) in [5.41, 5.74) is 10.7. The summed E-state index contributed by atoms with van der Waals surface area (Å²) in [6.07, 6.45) is 0.130. The largest absolute Gasteiger partial charge is 0.372 e. The van der Waals surface area contributed by atoms with E-state index in [2.05, 4.69) is 32.9 Å². The molecule has 0 aliphatic rings. The number of hydrogen-bond donors (Lipinski definition) is 1. The molecule has 0 fully saturated rings. The predicted octanol–water partition coefficient (Wildman–Crippen LogP) is 2.48. The topological polar surface area (TPSA) is 35.2 Å². The van der Waals surface area contributed by atoms with Gasteiger partial charge in [0.1, 0.15) is 0 Å². The third-order valence-corrected chi connectivity index (χ3v) is 2.68. The maximum atomic E-state index is 5.65. The van der Waals surface area contributed by atoms with Gasteiger partial charge in [-0.2, -0.15) is 0 Å². The molecule has 2 N–H and O–H groups in total. The van der Waals surface area contributed by atoms with Gasteiger partial charge in [0, 0.05) is 6.54 Å². The van der Waals surface area contributed by atoms with Gasteiger partial charge in [0.15, 0.2) is 0 Å². The van der Waals surface area contributed by atoms with Crippen LogP contribution in [0.2, 0.25) is 0 Å². The van der Waals surface area contributed by atoms with Crippen molar-refractivity contribution in [2.75, 3.05) is 6.54 Å². The van der Waals surface area contributed by atoms with Crippen molar-refractivity contribution >= 4 is 0 Å². The molecule has 2 heteroatoms. The Kier molecular flexibility index (Phi) is 4.30. The molecular weight excluding hydrogens is 186 g/mol. The molecule has 0 radical (unpaired) electrons. The fourth-order valence-electron chi connectivity index (χ4n) is 1.73. The lowest BCUT2D eigenvalue weighted by atomic mass is 10.0. The third kappa shape index (κ3) is 3.33. The lowest BCUT2D eigenvalue weighted by molar-refractivity contribution is 0.0584. The Balaban J connectivity index is 2.77. The summed E-state index contributed by atoms with van der Waals surface area (Å²) >= 11 is 0. The van der Waals surface area contributed by atoms with Gasteiger partial charge in [0.25, 0.3) is 0 Å². The van der Waals surface area contributed by atoms with E-state index in [1.807, 2.05) is 6.92 Å². The predicted molar refractivity (Wildman–Crippen MR) is 64.0 cm³/mol. The fourth-order valence-corrected chi connectivity index (χ4v) is 1.73. The van der Waals surface area contributed by atoms with Gasteiger partial charge in [0.05, 0.1) is 12.7 Å². The second kappa shape index (κ2) is 5.29. The zero-order chi connectivity index (χ0) is 11.4. The quantitative estimate of drug-likeness (QED) is 0.823. The number of hydrogen-bond acceptors (Lipinski definition) is 2. The molecule has 0 saturated heterocycles. The highest BCUT2D eigenvalue weighted by Gasteiger charge is 2.06. The fraction of sp³-hybridized carbons (Fsp3) is 0.538. The van der Waals surface area contributed by atoms with E-state index in [9.17, 15) is 0 Å². The Labute approximate surface area is 92.4 Å². The summed E-state index contributed by atoms with van der Waals surface area (Å²) in [6, 6.07) is 4.39. The van der Waals surface area contributed by atoms with Crippen molar-refractivity contribution in [1.82, 2.24) is 0 Å². The molecule has 0 bridgehead atoms. The Morgan fingerprint density at radius 2 is 1.73 bits per heavy atom. The monoisotopic (exact) mass is 207 g/mol. The molecular formula is C13H21NO. The van der Waals surface area contributed by atoms with Crippen LogP contribution in [0.3, 0.4) is 0 Å². The first kappa shape index (κ1) is 12.2. The molecule has 0 heterocycles. The van der Waals surface area contributed by atoms with Crippen LogP contribution in [0.1, 0.15) is 29.2 Å². The smallest absolute Gasteiger partial charge is 0.0726 e. The summed E-state index contributed by atoms with van der Waals surface area (Å²) < 4.78 is 5.65. The molecule has 1 aromatic rings. The van der Waals surface area contributed by atoms with Gasteiger partial charge in [-0.15, -0.1) is 0 Å². The minimum atomic E-state index is 0.130. The van der Waals surface area contributed by atoms with E-state index in [1.165, 1.54) is 22.3 Å². The van der Waals surface area contributed by atoms with Crippen LogP contribution in [0.5, 0.6) is 0 Å². The Hall–Kier alpha value is -0.860.